The smallest absolute Gasteiger partial charge is 0.290 e. The quantitative estimate of drug-likeness (QED) is 0.374. The van der Waals surface area contributed by atoms with Gasteiger partial charge >= 0.3 is 0 Å². The lowest BCUT2D eigenvalue weighted by Gasteiger charge is -2.03. The number of benzene rings is 1. The molecule has 0 bridgehead atoms. The number of halogens is 4. The molecule has 2 aromatic rings. The van der Waals surface area contributed by atoms with Crippen molar-refractivity contribution in [2.45, 2.75) is 6.92 Å². The fourth-order valence-corrected chi connectivity index (χ4v) is 1.37. The molecule has 0 amide bonds. The highest BCUT2D eigenvalue weighted by atomic mass is 19.2. The van der Waals surface area contributed by atoms with E-state index in [-0.39, 0.29) is 0 Å². The molecule has 0 aliphatic rings. The third-order valence-electron chi connectivity index (χ3n) is 2.41. The lowest BCUT2D eigenvalue weighted by Crippen LogP contribution is -2.05. The van der Waals surface area contributed by atoms with Gasteiger partial charge in [0.25, 0.3) is 11.8 Å². The van der Waals surface area contributed by atoms with Crippen LogP contribution in [0.1, 0.15) is 12.5 Å². The Balaban J connectivity index is 2.28. The van der Waals surface area contributed by atoms with Gasteiger partial charge in [-0.3, -0.25) is 0 Å². The Morgan fingerprint density at radius 1 is 1.00 bits per heavy atom. The largest absolute Gasteiger partial charge is 0.333 e. The molecule has 1 aromatic heterocycles. The Kier molecular flexibility index (Phi) is 3.97. The average molecular weight is 284 g/mol. The SMILES string of the molecule is CC(=NOc1nc(F)c(F)c(F)c1F)c1ccccc1. The van der Waals surface area contributed by atoms with Crippen molar-refractivity contribution < 1.29 is 22.4 Å². The fourth-order valence-electron chi connectivity index (χ4n) is 1.37. The molecule has 0 aliphatic heterocycles. The molecular weight excluding hydrogens is 276 g/mol. The Morgan fingerprint density at radius 2 is 1.65 bits per heavy atom. The van der Waals surface area contributed by atoms with Crippen LogP contribution >= 0.6 is 0 Å². The summed E-state index contributed by atoms with van der Waals surface area (Å²) in [5, 5.41) is 3.50. The van der Waals surface area contributed by atoms with Crippen molar-refractivity contribution in [1.29, 1.82) is 0 Å². The summed E-state index contributed by atoms with van der Waals surface area (Å²) in [6, 6.07) is 8.67. The monoisotopic (exact) mass is 284 g/mol. The normalized spacial score (nSPS) is 11.6. The first-order valence-corrected chi connectivity index (χ1v) is 5.47. The molecule has 3 nitrogen and oxygen atoms in total. The van der Waals surface area contributed by atoms with E-state index < -0.39 is 29.3 Å². The van der Waals surface area contributed by atoms with Gasteiger partial charge in [-0.05, 0) is 12.5 Å². The molecule has 7 heteroatoms. The van der Waals surface area contributed by atoms with E-state index in [0.29, 0.717) is 11.3 Å². The maximum Gasteiger partial charge on any atom is 0.290 e. The third-order valence-corrected chi connectivity index (χ3v) is 2.41. The lowest BCUT2D eigenvalue weighted by molar-refractivity contribution is 0.280. The number of nitrogens with zero attached hydrogens (tertiary/aromatic N) is 2. The molecule has 0 fully saturated rings. The number of aromatic nitrogens is 1. The van der Waals surface area contributed by atoms with Crippen molar-refractivity contribution in [2.75, 3.05) is 0 Å². The second kappa shape index (κ2) is 5.68. The zero-order valence-corrected chi connectivity index (χ0v) is 10.2. The van der Waals surface area contributed by atoms with Crippen LogP contribution in [0.4, 0.5) is 17.6 Å². The molecule has 1 heterocycles. The van der Waals surface area contributed by atoms with E-state index in [4.69, 9.17) is 0 Å². The number of rotatable bonds is 3. The summed E-state index contributed by atoms with van der Waals surface area (Å²) >= 11 is 0. The van der Waals surface area contributed by atoms with Crippen LogP contribution in [0.3, 0.4) is 0 Å². The van der Waals surface area contributed by atoms with Crippen molar-refractivity contribution in [3.63, 3.8) is 0 Å². The predicted molar refractivity (Wildman–Crippen MR) is 63.4 cm³/mol. The first-order chi connectivity index (χ1) is 9.50. The van der Waals surface area contributed by atoms with Gasteiger partial charge in [0.2, 0.25) is 17.5 Å². The molecule has 0 N–H and O–H groups in total. The van der Waals surface area contributed by atoms with E-state index in [1.165, 1.54) is 0 Å². The van der Waals surface area contributed by atoms with Crippen molar-refractivity contribution >= 4 is 5.71 Å². The zero-order valence-electron chi connectivity index (χ0n) is 10.2. The van der Waals surface area contributed by atoms with E-state index in [1.807, 2.05) is 0 Å². The van der Waals surface area contributed by atoms with Gasteiger partial charge in [0, 0.05) is 0 Å². The van der Waals surface area contributed by atoms with Gasteiger partial charge in [-0.25, -0.2) is 4.39 Å². The molecule has 0 spiro atoms. The first kappa shape index (κ1) is 14.0. The minimum atomic E-state index is -2.00. The molecular formula is C13H8F4N2O. The van der Waals surface area contributed by atoms with Crippen LogP contribution in [0.25, 0.3) is 0 Å². The molecule has 0 saturated heterocycles. The van der Waals surface area contributed by atoms with Crippen molar-refractivity contribution in [1.82, 2.24) is 4.98 Å². The Bertz CT molecular complexity index is 659. The summed E-state index contributed by atoms with van der Waals surface area (Å²) in [5.74, 6) is -8.62. The van der Waals surface area contributed by atoms with E-state index in [0.717, 1.165) is 0 Å². The van der Waals surface area contributed by atoms with Crippen LogP contribution in [0, 0.1) is 23.4 Å². The first-order valence-electron chi connectivity index (χ1n) is 5.47. The zero-order chi connectivity index (χ0) is 14.7. The van der Waals surface area contributed by atoms with Crippen LogP contribution < -0.4 is 4.84 Å². The maximum atomic E-state index is 13.3. The third kappa shape index (κ3) is 2.76. The molecule has 0 aliphatic carbocycles. The molecule has 20 heavy (non-hydrogen) atoms. The predicted octanol–water partition coefficient (Wildman–Crippen LogP) is 3.44. The number of oxime groups is 1. The van der Waals surface area contributed by atoms with E-state index in [2.05, 4.69) is 15.0 Å². The topological polar surface area (TPSA) is 34.5 Å². The highest BCUT2D eigenvalue weighted by Gasteiger charge is 2.22. The molecule has 0 saturated carbocycles. The minimum absolute atomic E-state index is 0.331. The van der Waals surface area contributed by atoms with Gasteiger partial charge in [0.1, 0.15) is 0 Å². The molecule has 1 aromatic carbocycles. The van der Waals surface area contributed by atoms with Crippen LogP contribution in [-0.4, -0.2) is 10.7 Å². The average Bonchev–Trinajstić information content (AvgIpc) is 2.48. The van der Waals surface area contributed by atoms with Crippen molar-refractivity contribution in [3.8, 4) is 5.88 Å². The fraction of sp³-hybridized carbons (Fsp3) is 0.0769. The Hall–Kier alpha value is -2.44. The second-order valence-corrected chi connectivity index (χ2v) is 3.78. The van der Waals surface area contributed by atoms with Crippen molar-refractivity contribution in [2.24, 2.45) is 5.16 Å². The summed E-state index contributed by atoms with van der Waals surface area (Å²) < 4.78 is 51.7. The summed E-state index contributed by atoms with van der Waals surface area (Å²) in [6.45, 7) is 1.55. The van der Waals surface area contributed by atoms with Gasteiger partial charge in [-0.1, -0.05) is 35.5 Å². The van der Waals surface area contributed by atoms with Crippen LogP contribution in [0.2, 0.25) is 0 Å². The van der Waals surface area contributed by atoms with E-state index >= 15 is 0 Å². The van der Waals surface area contributed by atoms with E-state index in [1.54, 1.807) is 37.3 Å². The highest BCUT2D eigenvalue weighted by Crippen LogP contribution is 2.21. The molecule has 2 rings (SSSR count). The highest BCUT2D eigenvalue weighted by molar-refractivity contribution is 5.98. The molecule has 0 unspecified atom stereocenters. The van der Waals surface area contributed by atoms with Gasteiger partial charge in [0.15, 0.2) is 0 Å². The maximum absolute atomic E-state index is 13.3. The van der Waals surface area contributed by atoms with E-state index in [9.17, 15) is 17.6 Å². The van der Waals surface area contributed by atoms with Gasteiger partial charge in [-0.15, -0.1) is 0 Å². The summed E-state index contributed by atoms with van der Waals surface area (Å²) in [5.41, 5.74) is 0.993. The second-order valence-electron chi connectivity index (χ2n) is 3.78. The van der Waals surface area contributed by atoms with Crippen LogP contribution in [-0.2, 0) is 0 Å². The lowest BCUT2D eigenvalue weighted by atomic mass is 10.1. The van der Waals surface area contributed by atoms with Gasteiger partial charge < -0.3 is 4.84 Å². The Morgan fingerprint density at radius 3 is 2.30 bits per heavy atom. The number of hydrogen-bond acceptors (Lipinski definition) is 3. The van der Waals surface area contributed by atoms with Crippen molar-refractivity contribution in [3.05, 3.63) is 59.3 Å². The standard InChI is InChI=1S/C13H8F4N2O/c1-7(8-5-3-2-4-6-8)19-20-13-11(16)9(14)10(15)12(17)18-13/h2-6H,1H3. The Labute approximate surface area is 111 Å². The minimum Gasteiger partial charge on any atom is -0.333 e. The summed E-state index contributed by atoms with van der Waals surface area (Å²) in [4.78, 5) is 7.34. The molecule has 0 radical (unpaired) electrons. The number of pyridine rings is 1. The van der Waals surface area contributed by atoms with Crippen LogP contribution in [0.5, 0.6) is 5.88 Å². The molecule has 104 valence electrons. The summed E-state index contributed by atoms with van der Waals surface area (Å²) in [7, 11) is 0. The summed E-state index contributed by atoms with van der Waals surface area (Å²) in [6.07, 6.45) is 0. The van der Waals surface area contributed by atoms with Crippen LogP contribution in [0.15, 0.2) is 35.5 Å². The molecule has 0 atom stereocenters. The van der Waals surface area contributed by atoms with Gasteiger partial charge in [0.05, 0.1) is 5.71 Å². The number of hydrogen-bond donors (Lipinski definition) is 0. The van der Waals surface area contributed by atoms with Gasteiger partial charge in [-0.2, -0.15) is 18.2 Å².